The Kier molecular flexibility index (Phi) is 3.34. The van der Waals surface area contributed by atoms with Crippen LogP contribution in [0.25, 0.3) is 0 Å². The van der Waals surface area contributed by atoms with Crippen LogP contribution in [0.15, 0.2) is 0 Å². The van der Waals surface area contributed by atoms with Crippen LogP contribution in [0.5, 0.6) is 0 Å². The van der Waals surface area contributed by atoms with E-state index in [0.717, 1.165) is 45.5 Å². The number of hydrogen-bond donors (Lipinski definition) is 0. The fourth-order valence-electron chi connectivity index (χ4n) is 2.91. The minimum atomic E-state index is -0.154. The molecule has 1 saturated carbocycles. The Balaban J connectivity index is 1.67. The summed E-state index contributed by atoms with van der Waals surface area (Å²) in [4.78, 5) is 14.6. The average molecular weight is 239 g/mol. The van der Waals surface area contributed by atoms with Gasteiger partial charge in [0.1, 0.15) is 6.10 Å². The van der Waals surface area contributed by atoms with E-state index in [9.17, 15) is 4.79 Å². The molecule has 1 unspecified atom stereocenters. The molecule has 2 aliphatic heterocycles. The van der Waals surface area contributed by atoms with Crippen molar-refractivity contribution in [3.63, 3.8) is 0 Å². The van der Waals surface area contributed by atoms with Gasteiger partial charge >= 0.3 is 0 Å². The second kappa shape index (κ2) is 4.94. The van der Waals surface area contributed by atoms with Crippen molar-refractivity contribution in [2.24, 2.45) is 0 Å². The second-order valence-corrected chi connectivity index (χ2v) is 5.32. The highest BCUT2D eigenvalue weighted by Gasteiger charge is 2.41. The first-order chi connectivity index (χ1) is 8.36. The molecule has 0 spiro atoms. The first-order valence-corrected chi connectivity index (χ1v) is 6.88. The molecule has 3 rings (SSSR count). The first kappa shape index (κ1) is 11.5. The van der Waals surface area contributed by atoms with Gasteiger partial charge in [-0.15, -0.1) is 0 Å². The number of rotatable bonds is 3. The van der Waals surface area contributed by atoms with Crippen LogP contribution in [0.3, 0.4) is 0 Å². The summed E-state index contributed by atoms with van der Waals surface area (Å²) in [6.07, 6.45) is 6.13. The summed E-state index contributed by atoms with van der Waals surface area (Å²) >= 11 is 0. The molecule has 4 heteroatoms. The predicted molar refractivity (Wildman–Crippen MR) is 62.7 cm³/mol. The zero-order chi connectivity index (χ0) is 11.7. The molecular weight excluding hydrogens is 218 g/mol. The van der Waals surface area contributed by atoms with E-state index in [-0.39, 0.29) is 12.0 Å². The fraction of sp³-hybridized carbons (Fsp3) is 0.923. The molecule has 0 radical (unpaired) electrons. The third-order valence-electron chi connectivity index (χ3n) is 3.98. The minimum Gasteiger partial charge on any atom is -0.381 e. The number of amides is 1. The molecule has 0 bridgehead atoms. The van der Waals surface area contributed by atoms with Crippen molar-refractivity contribution in [2.45, 2.75) is 56.7 Å². The standard InChI is InChI=1S/C13H21NO3/c15-13(12-2-1-7-17-12)14(10-3-4-10)11-5-8-16-9-6-11/h10-12H,1-9H2. The zero-order valence-electron chi connectivity index (χ0n) is 10.3. The molecule has 0 aromatic rings. The summed E-state index contributed by atoms with van der Waals surface area (Å²) in [5.74, 6) is 0.247. The van der Waals surface area contributed by atoms with Crippen LogP contribution >= 0.6 is 0 Å². The number of carbonyl (C=O) groups is 1. The van der Waals surface area contributed by atoms with Crippen molar-refractivity contribution in [1.82, 2.24) is 4.90 Å². The van der Waals surface area contributed by atoms with Crippen molar-refractivity contribution in [1.29, 1.82) is 0 Å². The molecule has 2 saturated heterocycles. The van der Waals surface area contributed by atoms with Crippen molar-refractivity contribution >= 4 is 5.91 Å². The summed E-state index contributed by atoms with van der Waals surface area (Å²) in [6, 6.07) is 0.891. The lowest BCUT2D eigenvalue weighted by atomic mass is 10.1. The number of hydrogen-bond acceptors (Lipinski definition) is 3. The monoisotopic (exact) mass is 239 g/mol. The van der Waals surface area contributed by atoms with E-state index in [1.54, 1.807) is 0 Å². The maximum atomic E-state index is 12.5. The molecule has 0 N–H and O–H groups in total. The van der Waals surface area contributed by atoms with Gasteiger partial charge in [0.05, 0.1) is 0 Å². The Morgan fingerprint density at radius 1 is 0.941 bits per heavy atom. The molecule has 0 aromatic carbocycles. The SMILES string of the molecule is O=C(C1CCCO1)N(C1CCOCC1)C1CC1. The Labute approximate surface area is 102 Å². The highest BCUT2D eigenvalue weighted by Crippen LogP contribution is 2.33. The highest BCUT2D eigenvalue weighted by molar-refractivity contribution is 5.82. The van der Waals surface area contributed by atoms with Crippen LogP contribution in [-0.2, 0) is 14.3 Å². The van der Waals surface area contributed by atoms with Gasteiger partial charge in [0.25, 0.3) is 5.91 Å². The molecule has 3 fully saturated rings. The quantitative estimate of drug-likeness (QED) is 0.746. The van der Waals surface area contributed by atoms with Crippen LogP contribution in [0.1, 0.15) is 38.5 Å². The van der Waals surface area contributed by atoms with Gasteiger partial charge < -0.3 is 14.4 Å². The van der Waals surface area contributed by atoms with Gasteiger partial charge in [-0.05, 0) is 38.5 Å². The molecule has 1 atom stereocenters. The van der Waals surface area contributed by atoms with Crippen LogP contribution in [-0.4, -0.2) is 48.8 Å². The number of carbonyl (C=O) groups excluding carboxylic acids is 1. The summed E-state index contributed by atoms with van der Waals surface area (Å²) in [5.41, 5.74) is 0. The largest absolute Gasteiger partial charge is 0.381 e. The Bertz CT molecular complexity index is 278. The van der Waals surface area contributed by atoms with E-state index in [1.165, 1.54) is 12.8 Å². The van der Waals surface area contributed by atoms with Crippen molar-refractivity contribution in [3.05, 3.63) is 0 Å². The van der Waals surface area contributed by atoms with Gasteiger partial charge in [-0.1, -0.05) is 0 Å². The van der Waals surface area contributed by atoms with E-state index in [1.807, 2.05) is 0 Å². The van der Waals surface area contributed by atoms with Gasteiger partial charge in [0.15, 0.2) is 0 Å². The third-order valence-corrected chi connectivity index (χ3v) is 3.98. The summed E-state index contributed by atoms with van der Waals surface area (Å²) < 4.78 is 10.9. The lowest BCUT2D eigenvalue weighted by molar-refractivity contribution is -0.146. The van der Waals surface area contributed by atoms with E-state index >= 15 is 0 Å². The summed E-state index contributed by atoms with van der Waals surface area (Å²) in [7, 11) is 0. The van der Waals surface area contributed by atoms with Crippen molar-refractivity contribution in [2.75, 3.05) is 19.8 Å². The van der Waals surface area contributed by atoms with Crippen molar-refractivity contribution in [3.8, 4) is 0 Å². The van der Waals surface area contributed by atoms with Crippen LogP contribution in [0.4, 0.5) is 0 Å². The molecule has 1 aliphatic carbocycles. The minimum absolute atomic E-state index is 0.154. The molecule has 2 heterocycles. The predicted octanol–water partition coefficient (Wildman–Crippen LogP) is 1.34. The topological polar surface area (TPSA) is 38.8 Å². The molecule has 3 aliphatic rings. The normalized spacial score (nSPS) is 30.5. The Morgan fingerprint density at radius 3 is 2.24 bits per heavy atom. The molecule has 0 aromatic heterocycles. The third kappa shape index (κ3) is 2.47. The average Bonchev–Trinajstić information content (AvgIpc) is 3.04. The van der Waals surface area contributed by atoms with Gasteiger partial charge in [0, 0.05) is 31.9 Å². The molecular formula is C13H21NO3. The van der Waals surface area contributed by atoms with Gasteiger partial charge in [0.2, 0.25) is 0 Å². The van der Waals surface area contributed by atoms with Crippen LogP contribution in [0.2, 0.25) is 0 Å². The maximum absolute atomic E-state index is 12.5. The van der Waals surface area contributed by atoms with Gasteiger partial charge in [-0.3, -0.25) is 4.79 Å². The van der Waals surface area contributed by atoms with Crippen LogP contribution < -0.4 is 0 Å². The lowest BCUT2D eigenvalue weighted by Gasteiger charge is -2.35. The summed E-state index contributed by atoms with van der Waals surface area (Å²) in [6.45, 7) is 2.35. The number of ether oxygens (including phenoxy) is 2. The molecule has 1 amide bonds. The second-order valence-electron chi connectivity index (χ2n) is 5.32. The lowest BCUT2D eigenvalue weighted by Crippen LogP contribution is -2.48. The van der Waals surface area contributed by atoms with E-state index in [0.29, 0.717) is 12.1 Å². The van der Waals surface area contributed by atoms with E-state index in [2.05, 4.69) is 4.90 Å². The first-order valence-electron chi connectivity index (χ1n) is 6.88. The molecule has 4 nitrogen and oxygen atoms in total. The van der Waals surface area contributed by atoms with Gasteiger partial charge in [-0.2, -0.15) is 0 Å². The van der Waals surface area contributed by atoms with E-state index < -0.39 is 0 Å². The van der Waals surface area contributed by atoms with Crippen LogP contribution in [0, 0.1) is 0 Å². The van der Waals surface area contributed by atoms with Crippen molar-refractivity contribution < 1.29 is 14.3 Å². The Morgan fingerprint density at radius 2 is 1.65 bits per heavy atom. The fourth-order valence-corrected chi connectivity index (χ4v) is 2.91. The highest BCUT2D eigenvalue weighted by atomic mass is 16.5. The van der Waals surface area contributed by atoms with E-state index in [4.69, 9.17) is 9.47 Å². The smallest absolute Gasteiger partial charge is 0.252 e. The summed E-state index contributed by atoms with van der Waals surface area (Å²) in [5, 5.41) is 0. The zero-order valence-corrected chi connectivity index (χ0v) is 10.3. The Hall–Kier alpha value is -0.610. The maximum Gasteiger partial charge on any atom is 0.252 e. The number of nitrogens with zero attached hydrogens (tertiary/aromatic N) is 1. The van der Waals surface area contributed by atoms with Gasteiger partial charge in [-0.25, -0.2) is 0 Å². The molecule has 96 valence electrons. The molecule has 17 heavy (non-hydrogen) atoms.